The number of para-hydroxylation sites is 1. The second kappa shape index (κ2) is 12.5. The van der Waals surface area contributed by atoms with Crippen LogP contribution in [0.4, 0.5) is 0 Å². The smallest absolute Gasteiger partial charge is 0.191 e. The summed E-state index contributed by atoms with van der Waals surface area (Å²) in [4.78, 5) is 11.9. The van der Waals surface area contributed by atoms with Crippen LogP contribution in [0.5, 0.6) is 5.75 Å². The minimum Gasteiger partial charge on any atom is -0.489 e. The van der Waals surface area contributed by atoms with E-state index < -0.39 is 0 Å². The number of nitrogens with one attached hydrogen (secondary N) is 2. The molecule has 0 bridgehead atoms. The third-order valence-corrected chi connectivity index (χ3v) is 6.22. The van der Waals surface area contributed by atoms with Crippen LogP contribution in [0.2, 0.25) is 0 Å². The molecule has 2 heterocycles. The molecule has 1 aromatic carbocycles. The molecule has 0 radical (unpaired) electrons. The minimum absolute atomic E-state index is 0.500. The van der Waals surface area contributed by atoms with Crippen molar-refractivity contribution in [3.8, 4) is 5.75 Å². The molecule has 1 saturated heterocycles. The lowest BCUT2D eigenvalue weighted by molar-refractivity contribution is 0.176. The number of aryl methyl sites for hydroxylation is 1. The molecule has 0 atom stereocenters. The second-order valence-electron chi connectivity index (χ2n) is 7.86. The zero-order valence-corrected chi connectivity index (χ0v) is 19.6. The average molecular weight is 442 g/mol. The largest absolute Gasteiger partial charge is 0.489 e. The van der Waals surface area contributed by atoms with Crippen molar-refractivity contribution in [3.05, 3.63) is 58.6 Å². The van der Waals surface area contributed by atoms with Gasteiger partial charge in [-0.2, -0.15) is 0 Å². The lowest BCUT2D eigenvalue weighted by atomic mass is 9.97. The Morgan fingerprint density at radius 1 is 1.32 bits per heavy atom. The summed E-state index contributed by atoms with van der Waals surface area (Å²) in [6, 6.07) is 8.05. The molecule has 0 spiro atoms. The number of aliphatic imine (C=N–C) groups is 1. The Labute approximate surface area is 190 Å². The van der Waals surface area contributed by atoms with Crippen LogP contribution in [0.3, 0.4) is 0 Å². The fourth-order valence-corrected chi connectivity index (χ4v) is 4.33. The van der Waals surface area contributed by atoms with E-state index in [0.717, 1.165) is 55.0 Å². The van der Waals surface area contributed by atoms with Gasteiger partial charge in [-0.05, 0) is 51.8 Å². The summed E-state index contributed by atoms with van der Waals surface area (Å²) in [7, 11) is 0. The van der Waals surface area contributed by atoms with E-state index in [1.807, 2.05) is 18.2 Å². The Kier molecular flexibility index (Phi) is 9.37. The van der Waals surface area contributed by atoms with Crippen molar-refractivity contribution in [1.82, 2.24) is 20.5 Å². The standard InChI is InChI=1S/C24H35N5OS/c1-4-14-30-23-9-7-6-8-21(23)16-27-24(25-5-2)26-15-20-10-12-29(13-11-20)17-22-18-31-19(3)28-22/h4,6-9,18,20H,1,5,10-17H2,2-3H3,(H2,25,26,27). The number of aromatic nitrogens is 1. The Balaban J connectivity index is 1.47. The van der Waals surface area contributed by atoms with E-state index in [1.165, 1.54) is 18.5 Å². The number of likely N-dealkylation sites (tertiary alicyclic amines) is 1. The number of rotatable bonds is 10. The van der Waals surface area contributed by atoms with Gasteiger partial charge in [0.05, 0.1) is 17.2 Å². The Hall–Kier alpha value is -2.38. The van der Waals surface area contributed by atoms with E-state index in [4.69, 9.17) is 9.73 Å². The predicted octanol–water partition coefficient (Wildman–Crippen LogP) is 3.98. The predicted molar refractivity (Wildman–Crippen MR) is 130 cm³/mol. The number of thiazole rings is 1. The number of hydrogen-bond acceptors (Lipinski definition) is 5. The first-order valence-corrected chi connectivity index (χ1v) is 12.0. The van der Waals surface area contributed by atoms with Crippen LogP contribution in [0, 0.1) is 12.8 Å². The van der Waals surface area contributed by atoms with Gasteiger partial charge in [-0.25, -0.2) is 9.98 Å². The fraction of sp³-hybridized carbons (Fsp3) is 0.500. The summed E-state index contributed by atoms with van der Waals surface area (Å²) in [6.45, 7) is 14.0. The molecule has 2 aromatic rings. The highest BCUT2D eigenvalue weighted by Gasteiger charge is 2.20. The van der Waals surface area contributed by atoms with Crippen LogP contribution in [0.25, 0.3) is 0 Å². The second-order valence-corrected chi connectivity index (χ2v) is 8.92. The van der Waals surface area contributed by atoms with Gasteiger partial charge in [-0.15, -0.1) is 11.3 Å². The summed E-state index contributed by atoms with van der Waals surface area (Å²) >= 11 is 1.74. The molecular weight excluding hydrogens is 406 g/mol. The molecule has 1 aliphatic rings. The van der Waals surface area contributed by atoms with E-state index in [2.05, 4.69) is 52.4 Å². The third-order valence-electron chi connectivity index (χ3n) is 5.40. The maximum Gasteiger partial charge on any atom is 0.191 e. The monoisotopic (exact) mass is 441 g/mol. The van der Waals surface area contributed by atoms with Crippen molar-refractivity contribution in [2.24, 2.45) is 10.9 Å². The van der Waals surface area contributed by atoms with Crippen molar-refractivity contribution in [1.29, 1.82) is 0 Å². The molecule has 0 amide bonds. The zero-order chi connectivity index (χ0) is 21.9. The highest BCUT2D eigenvalue weighted by atomic mass is 32.1. The van der Waals surface area contributed by atoms with Crippen LogP contribution in [-0.4, -0.2) is 48.6 Å². The molecule has 0 saturated carbocycles. The molecule has 0 unspecified atom stereocenters. The molecule has 2 N–H and O–H groups in total. The van der Waals surface area contributed by atoms with Crippen molar-refractivity contribution >= 4 is 17.3 Å². The lowest BCUT2D eigenvalue weighted by Gasteiger charge is -2.31. The topological polar surface area (TPSA) is 61.8 Å². The molecule has 7 heteroatoms. The number of nitrogens with zero attached hydrogens (tertiary/aromatic N) is 3. The number of hydrogen-bond donors (Lipinski definition) is 2. The van der Waals surface area contributed by atoms with Gasteiger partial charge in [0, 0.05) is 30.6 Å². The van der Waals surface area contributed by atoms with Crippen LogP contribution < -0.4 is 15.4 Å². The van der Waals surface area contributed by atoms with E-state index in [-0.39, 0.29) is 0 Å². The first kappa shape index (κ1) is 23.3. The minimum atomic E-state index is 0.500. The summed E-state index contributed by atoms with van der Waals surface area (Å²) in [5, 5.41) is 10.2. The highest BCUT2D eigenvalue weighted by molar-refractivity contribution is 7.09. The van der Waals surface area contributed by atoms with Crippen molar-refractivity contribution in [2.75, 3.05) is 32.8 Å². The van der Waals surface area contributed by atoms with Gasteiger partial charge in [-0.1, -0.05) is 30.9 Å². The molecular formula is C24H35N5OS. The molecule has 1 fully saturated rings. The van der Waals surface area contributed by atoms with Crippen LogP contribution in [0.1, 0.15) is 36.0 Å². The van der Waals surface area contributed by atoms with Gasteiger partial charge in [0.25, 0.3) is 0 Å². The molecule has 6 nitrogen and oxygen atoms in total. The van der Waals surface area contributed by atoms with Gasteiger partial charge < -0.3 is 15.4 Å². The lowest BCUT2D eigenvalue weighted by Crippen LogP contribution is -2.42. The first-order chi connectivity index (χ1) is 15.2. The number of benzene rings is 1. The summed E-state index contributed by atoms with van der Waals surface area (Å²) < 4.78 is 5.75. The highest BCUT2D eigenvalue weighted by Crippen LogP contribution is 2.20. The summed E-state index contributed by atoms with van der Waals surface area (Å²) in [5.41, 5.74) is 2.28. The summed E-state index contributed by atoms with van der Waals surface area (Å²) in [6.07, 6.45) is 4.16. The normalized spacial score (nSPS) is 15.6. The molecule has 168 valence electrons. The van der Waals surface area contributed by atoms with Crippen LogP contribution >= 0.6 is 11.3 Å². The zero-order valence-electron chi connectivity index (χ0n) is 18.8. The van der Waals surface area contributed by atoms with Gasteiger partial charge in [0.2, 0.25) is 0 Å². The van der Waals surface area contributed by atoms with E-state index in [9.17, 15) is 0 Å². The van der Waals surface area contributed by atoms with E-state index >= 15 is 0 Å². The van der Waals surface area contributed by atoms with Crippen molar-refractivity contribution in [3.63, 3.8) is 0 Å². The van der Waals surface area contributed by atoms with Crippen LogP contribution in [0.15, 0.2) is 47.3 Å². The maximum absolute atomic E-state index is 5.75. The maximum atomic E-state index is 5.75. The van der Waals surface area contributed by atoms with E-state index in [0.29, 0.717) is 19.1 Å². The first-order valence-electron chi connectivity index (χ1n) is 11.1. The van der Waals surface area contributed by atoms with Crippen molar-refractivity contribution in [2.45, 2.75) is 39.8 Å². The van der Waals surface area contributed by atoms with Crippen LogP contribution in [-0.2, 0) is 13.1 Å². The molecule has 1 aliphatic heterocycles. The number of piperidine rings is 1. The number of guanidine groups is 1. The third kappa shape index (κ3) is 7.67. The van der Waals surface area contributed by atoms with Gasteiger partial charge >= 0.3 is 0 Å². The Bertz CT molecular complexity index is 842. The molecule has 0 aliphatic carbocycles. The SMILES string of the molecule is C=CCOc1ccccc1CN=C(NCC)NCC1CCN(Cc2csc(C)n2)CC1. The average Bonchev–Trinajstić information content (AvgIpc) is 3.20. The molecule has 31 heavy (non-hydrogen) atoms. The Morgan fingerprint density at radius 3 is 2.84 bits per heavy atom. The van der Waals surface area contributed by atoms with E-state index in [1.54, 1.807) is 17.4 Å². The molecule has 3 rings (SSSR count). The van der Waals surface area contributed by atoms with Gasteiger partial charge in [-0.3, -0.25) is 4.90 Å². The number of ether oxygens (including phenoxy) is 1. The van der Waals surface area contributed by atoms with Crippen molar-refractivity contribution < 1.29 is 4.74 Å². The van der Waals surface area contributed by atoms with Gasteiger partial charge in [0.15, 0.2) is 5.96 Å². The Morgan fingerprint density at radius 2 is 2.13 bits per heavy atom. The fourth-order valence-electron chi connectivity index (χ4n) is 3.73. The van der Waals surface area contributed by atoms with Gasteiger partial charge in [0.1, 0.15) is 12.4 Å². The quantitative estimate of drug-likeness (QED) is 0.332. The molecule has 1 aromatic heterocycles. The summed E-state index contributed by atoms with van der Waals surface area (Å²) in [5.74, 6) is 2.39.